The summed E-state index contributed by atoms with van der Waals surface area (Å²) in [5.74, 6) is 0.503. The van der Waals surface area contributed by atoms with Gasteiger partial charge in [-0.3, -0.25) is 0 Å². The standard InChI is InChI=1S/C10H13BrN2O3/c1-3-15-10(14)7-8(11)12-13-4-6(2)5-16-9(7)13/h6H,3-5H2,1-2H3/t6-/m0/s1. The molecule has 0 N–H and O–H groups in total. The largest absolute Gasteiger partial charge is 0.477 e. The van der Waals surface area contributed by atoms with E-state index in [1.54, 1.807) is 11.6 Å². The number of rotatable bonds is 2. The van der Waals surface area contributed by atoms with Gasteiger partial charge in [-0.2, -0.15) is 5.10 Å². The van der Waals surface area contributed by atoms with E-state index in [9.17, 15) is 4.79 Å². The highest BCUT2D eigenvalue weighted by atomic mass is 79.9. The average Bonchev–Trinajstić information content (AvgIpc) is 2.53. The van der Waals surface area contributed by atoms with Crippen molar-refractivity contribution in [3.63, 3.8) is 0 Å². The molecule has 0 fully saturated rings. The normalized spacial score (nSPS) is 18.8. The predicted octanol–water partition coefficient (Wildman–Crippen LogP) is 1.85. The van der Waals surface area contributed by atoms with Crippen LogP contribution in [0.15, 0.2) is 4.60 Å². The zero-order valence-electron chi connectivity index (χ0n) is 9.20. The molecule has 0 aromatic carbocycles. The first-order valence-corrected chi connectivity index (χ1v) is 5.99. The second kappa shape index (κ2) is 4.45. The summed E-state index contributed by atoms with van der Waals surface area (Å²) in [4.78, 5) is 11.7. The predicted molar refractivity (Wildman–Crippen MR) is 60.5 cm³/mol. The van der Waals surface area contributed by atoms with E-state index in [4.69, 9.17) is 9.47 Å². The molecule has 16 heavy (non-hydrogen) atoms. The number of fused-ring (bicyclic) bond motifs is 1. The topological polar surface area (TPSA) is 53.3 Å². The molecule has 0 saturated carbocycles. The molecule has 0 spiro atoms. The van der Waals surface area contributed by atoms with Crippen LogP contribution in [-0.4, -0.2) is 29.0 Å². The molecule has 1 aromatic heterocycles. The molecule has 88 valence electrons. The second-order valence-electron chi connectivity index (χ2n) is 3.79. The van der Waals surface area contributed by atoms with Crippen LogP contribution in [0, 0.1) is 5.92 Å². The number of esters is 1. The van der Waals surface area contributed by atoms with Gasteiger partial charge >= 0.3 is 5.97 Å². The monoisotopic (exact) mass is 288 g/mol. The molecular formula is C10H13BrN2O3. The van der Waals surface area contributed by atoms with Crippen molar-refractivity contribution in [1.82, 2.24) is 9.78 Å². The number of halogens is 1. The van der Waals surface area contributed by atoms with Gasteiger partial charge in [0.25, 0.3) is 0 Å². The van der Waals surface area contributed by atoms with E-state index < -0.39 is 5.97 Å². The smallest absolute Gasteiger partial charge is 0.346 e. The molecule has 5 nitrogen and oxygen atoms in total. The number of hydrogen-bond acceptors (Lipinski definition) is 4. The van der Waals surface area contributed by atoms with Crippen molar-refractivity contribution in [2.45, 2.75) is 20.4 Å². The molecule has 0 radical (unpaired) electrons. The van der Waals surface area contributed by atoms with Gasteiger partial charge in [0, 0.05) is 5.92 Å². The molecule has 2 heterocycles. The maximum absolute atomic E-state index is 11.7. The number of aromatic nitrogens is 2. The van der Waals surface area contributed by atoms with Gasteiger partial charge in [0.15, 0.2) is 5.56 Å². The SMILES string of the molecule is CCOC(=O)c1c(Br)nn2c1OC[C@@H](C)C2. The minimum absolute atomic E-state index is 0.340. The van der Waals surface area contributed by atoms with Gasteiger partial charge in [-0.15, -0.1) is 0 Å². The zero-order valence-corrected chi connectivity index (χ0v) is 10.8. The van der Waals surface area contributed by atoms with Gasteiger partial charge in [-0.1, -0.05) is 6.92 Å². The Bertz CT molecular complexity index is 416. The number of ether oxygens (including phenoxy) is 2. The fourth-order valence-corrected chi connectivity index (χ4v) is 2.16. The molecular weight excluding hydrogens is 276 g/mol. The van der Waals surface area contributed by atoms with E-state index in [-0.39, 0.29) is 0 Å². The summed E-state index contributed by atoms with van der Waals surface area (Å²) < 4.78 is 12.7. The van der Waals surface area contributed by atoms with Crippen molar-refractivity contribution in [3.8, 4) is 5.88 Å². The van der Waals surface area contributed by atoms with Crippen molar-refractivity contribution in [3.05, 3.63) is 10.2 Å². The third-order valence-corrected chi connectivity index (χ3v) is 2.89. The number of nitrogens with zero attached hydrogens (tertiary/aromatic N) is 2. The first-order valence-electron chi connectivity index (χ1n) is 5.19. The third-order valence-electron chi connectivity index (χ3n) is 2.33. The highest BCUT2D eigenvalue weighted by Crippen LogP contribution is 2.31. The van der Waals surface area contributed by atoms with Gasteiger partial charge in [-0.05, 0) is 22.9 Å². The van der Waals surface area contributed by atoms with Crippen molar-refractivity contribution >= 4 is 21.9 Å². The summed E-state index contributed by atoms with van der Waals surface area (Å²) in [6.45, 7) is 5.54. The van der Waals surface area contributed by atoms with E-state index in [1.807, 2.05) is 0 Å². The summed E-state index contributed by atoms with van der Waals surface area (Å²) in [6.07, 6.45) is 0. The first-order chi connectivity index (χ1) is 7.63. The van der Waals surface area contributed by atoms with E-state index in [0.717, 1.165) is 6.54 Å². The molecule has 1 aromatic rings. The summed E-state index contributed by atoms with van der Waals surface area (Å²) in [6, 6.07) is 0. The first kappa shape index (κ1) is 11.4. The zero-order chi connectivity index (χ0) is 11.7. The Kier molecular flexibility index (Phi) is 3.18. The second-order valence-corrected chi connectivity index (χ2v) is 4.54. The van der Waals surface area contributed by atoms with Gasteiger partial charge in [0.1, 0.15) is 4.60 Å². The summed E-state index contributed by atoms with van der Waals surface area (Å²) >= 11 is 3.26. The van der Waals surface area contributed by atoms with Crippen LogP contribution in [0.4, 0.5) is 0 Å². The van der Waals surface area contributed by atoms with Gasteiger partial charge in [-0.25, -0.2) is 9.48 Å². The van der Waals surface area contributed by atoms with Crippen LogP contribution >= 0.6 is 15.9 Å². The van der Waals surface area contributed by atoms with Crippen molar-refractivity contribution < 1.29 is 14.3 Å². The maximum atomic E-state index is 11.7. The van der Waals surface area contributed by atoms with Gasteiger partial charge < -0.3 is 9.47 Å². The van der Waals surface area contributed by atoms with Crippen molar-refractivity contribution in [2.24, 2.45) is 5.92 Å². The molecule has 0 bridgehead atoms. The Morgan fingerprint density at radius 1 is 1.75 bits per heavy atom. The minimum atomic E-state index is -0.398. The van der Waals surface area contributed by atoms with E-state index in [2.05, 4.69) is 28.0 Å². The summed E-state index contributed by atoms with van der Waals surface area (Å²) in [7, 11) is 0. The fraction of sp³-hybridized carbons (Fsp3) is 0.600. The Morgan fingerprint density at radius 2 is 2.50 bits per heavy atom. The van der Waals surface area contributed by atoms with Gasteiger partial charge in [0.2, 0.25) is 5.88 Å². The van der Waals surface area contributed by atoms with Crippen LogP contribution < -0.4 is 4.74 Å². The molecule has 0 unspecified atom stereocenters. The van der Waals surface area contributed by atoms with Crippen LogP contribution in [0.25, 0.3) is 0 Å². The van der Waals surface area contributed by atoms with E-state index in [1.165, 1.54) is 0 Å². The van der Waals surface area contributed by atoms with Crippen LogP contribution in [0.5, 0.6) is 5.88 Å². The lowest BCUT2D eigenvalue weighted by atomic mass is 10.2. The van der Waals surface area contributed by atoms with Crippen LogP contribution in [0.1, 0.15) is 24.2 Å². The fourth-order valence-electron chi connectivity index (χ4n) is 1.63. The molecule has 1 aliphatic heterocycles. The molecule has 1 aliphatic rings. The lowest BCUT2D eigenvalue weighted by Gasteiger charge is -2.21. The Labute approximate surface area is 102 Å². The van der Waals surface area contributed by atoms with Gasteiger partial charge in [0.05, 0.1) is 19.8 Å². The van der Waals surface area contributed by atoms with E-state index in [0.29, 0.717) is 35.2 Å². The molecule has 2 rings (SSSR count). The summed E-state index contributed by atoms with van der Waals surface area (Å²) in [5.41, 5.74) is 0.383. The maximum Gasteiger partial charge on any atom is 0.346 e. The van der Waals surface area contributed by atoms with E-state index >= 15 is 0 Å². The lowest BCUT2D eigenvalue weighted by molar-refractivity contribution is 0.0516. The van der Waals surface area contributed by atoms with Crippen molar-refractivity contribution in [1.29, 1.82) is 0 Å². The van der Waals surface area contributed by atoms with Crippen LogP contribution in [0.3, 0.4) is 0 Å². The Morgan fingerprint density at radius 3 is 3.19 bits per heavy atom. The Hall–Kier alpha value is -1.04. The average molecular weight is 289 g/mol. The quantitative estimate of drug-likeness (QED) is 0.780. The molecule has 0 amide bonds. The number of hydrogen-bond donors (Lipinski definition) is 0. The van der Waals surface area contributed by atoms with Crippen molar-refractivity contribution in [2.75, 3.05) is 13.2 Å². The molecule has 0 saturated heterocycles. The summed E-state index contributed by atoms with van der Waals surface area (Å²) in [5, 5.41) is 4.21. The Balaban J connectivity index is 2.35. The minimum Gasteiger partial charge on any atom is -0.477 e. The third kappa shape index (κ3) is 1.93. The molecule has 1 atom stereocenters. The van der Waals surface area contributed by atoms with Crippen LogP contribution in [-0.2, 0) is 11.3 Å². The highest BCUT2D eigenvalue weighted by Gasteiger charge is 2.28. The highest BCUT2D eigenvalue weighted by molar-refractivity contribution is 9.10. The number of carbonyl (C=O) groups is 1. The van der Waals surface area contributed by atoms with Crippen LogP contribution in [0.2, 0.25) is 0 Å². The molecule has 6 heteroatoms. The lowest BCUT2D eigenvalue weighted by Crippen LogP contribution is -2.24. The molecule has 0 aliphatic carbocycles. The number of carbonyl (C=O) groups excluding carboxylic acids is 1.